The Kier molecular flexibility index (Phi) is 4.82. The molecule has 0 aliphatic heterocycles. The molecule has 3 nitrogen and oxygen atoms in total. The summed E-state index contributed by atoms with van der Waals surface area (Å²) in [6.07, 6.45) is 0. The fourth-order valence-electron chi connectivity index (χ4n) is 1.72. The number of hydrogen-bond acceptors (Lipinski definition) is 2. The molecule has 112 valence electrons. The van der Waals surface area contributed by atoms with E-state index < -0.39 is 20.9 Å². The molecule has 0 heterocycles. The van der Waals surface area contributed by atoms with Gasteiger partial charge in [-0.05, 0) is 42.8 Å². The quantitative estimate of drug-likeness (QED) is 0.720. The molecule has 0 spiro atoms. The van der Waals surface area contributed by atoms with E-state index in [0.717, 1.165) is 17.7 Å². The van der Waals surface area contributed by atoms with Crippen molar-refractivity contribution in [3.05, 3.63) is 56.2 Å². The van der Waals surface area contributed by atoms with Gasteiger partial charge in [0.15, 0.2) is 5.82 Å². The van der Waals surface area contributed by atoms with Crippen molar-refractivity contribution in [2.24, 2.45) is 0 Å². The number of aryl methyl sites for hydroxylation is 1. The molecule has 0 unspecified atom stereocenters. The lowest BCUT2D eigenvalue weighted by atomic mass is 10.2. The van der Waals surface area contributed by atoms with Crippen LogP contribution in [0.1, 0.15) is 5.56 Å². The van der Waals surface area contributed by atoms with E-state index in [1.807, 2.05) is 13.0 Å². The van der Waals surface area contributed by atoms with E-state index in [2.05, 4.69) is 20.7 Å². The second-order valence-electron chi connectivity index (χ2n) is 4.30. The third-order valence-electron chi connectivity index (χ3n) is 2.58. The second kappa shape index (κ2) is 6.12. The van der Waals surface area contributed by atoms with E-state index >= 15 is 0 Å². The Morgan fingerprint density at radius 1 is 1.19 bits per heavy atom. The number of sulfonamides is 1. The summed E-state index contributed by atoms with van der Waals surface area (Å²) < 4.78 is 41.3. The minimum Gasteiger partial charge on any atom is -0.280 e. The number of benzene rings is 2. The summed E-state index contributed by atoms with van der Waals surface area (Å²) in [5, 5.41) is -0.779. The van der Waals surface area contributed by atoms with Crippen LogP contribution in [0.25, 0.3) is 0 Å². The van der Waals surface area contributed by atoms with Crippen LogP contribution < -0.4 is 4.72 Å². The van der Waals surface area contributed by atoms with Gasteiger partial charge in [-0.2, -0.15) is 0 Å². The van der Waals surface area contributed by atoms with Crippen LogP contribution in [0.2, 0.25) is 10.0 Å². The largest absolute Gasteiger partial charge is 0.280 e. The lowest BCUT2D eigenvalue weighted by Gasteiger charge is -2.11. The third kappa shape index (κ3) is 3.69. The smallest absolute Gasteiger partial charge is 0.263 e. The van der Waals surface area contributed by atoms with Gasteiger partial charge >= 0.3 is 0 Å². The van der Waals surface area contributed by atoms with Gasteiger partial charge in [0.1, 0.15) is 4.90 Å². The van der Waals surface area contributed by atoms with Gasteiger partial charge in [-0.15, -0.1) is 0 Å². The van der Waals surface area contributed by atoms with Crippen LogP contribution in [0, 0.1) is 12.7 Å². The summed E-state index contributed by atoms with van der Waals surface area (Å²) >= 11 is 14.6. The zero-order valence-electron chi connectivity index (χ0n) is 10.6. The molecule has 0 radical (unpaired) electrons. The number of rotatable bonds is 3. The standard InChI is InChI=1S/C13H9BrCl2FNO2S/c1-7-4-8(14)6-9(5-7)18-21(19,20)11-3-2-10(15)13(17)12(11)16/h2-6,18H,1H3. The first-order chi connectivity index (χ1) is 9.70. The SMILES string of the molecule is Cc1cc(Br)cc(NS(=O)(=O)c2ccc(Cl)c(F)c2Cl)c1. The Morgan fingerprint density at radius 3 is 2.48 bits per heavy atom. The van der Waals surface area contributed by atoms with Crippen molar-refractivity contribution >= 4 is 54.8 Å². The topological polar surface area (TPSA) is 46.2 Å². The molecule has 21 heavy (non-hydrogen) atoms. The Morgan fingerprint density at radius 2 is 1.86 bits per heavy atom. The van der Waals surface area contributed by atoms with Crippen molar-refractivity contribution in [1.29, 1.82) is 0 Å². The normalized spacial score (nSPS) is 11.5. The van der Waals surface area contributed by atoms with Gasteiger partial charge in [-0.3, -0.25) is 4.72 Å². The maximum Gasteiger partial charge on any atom is 0.263 e. The number of halogens is 4. The maximum atomic E-state index is 13.6. The van der Waals surface area contributed by atoms with Crippen LogP contribution in [-0.2, 0) is 10.0 Å². The van der Waals surface area contributed by atoms with Crippen molar-refractivity contribution in [2.75, 3.05) is 4.72 Å². The van der Waals surface area contributed by atoms with E-state index in [9.17, 15) is 12.8 Å². The van der Waals surface area contributed by atoms with Gasteiger partial charge in [0.05, 0.1) is 15.7 Å². The zero-order chi connectivity index (χ0) is 15.8. The van der Waals surface area contributed by atoms with Gasteiger partial charge in [0, 0.05) is 4.47 Å². The minimum absolute atomic E-state index is 0.239. The molecule has 2 aromatic carbocycles. The monoisotopic (exact) mass is 411 g/mol. The Hall–Kier alpha value is -0.820. The molecule has 0 amide bonds. The summed E-state index contributed by atoms with van der Waals surface area (Å²) in [6, 6.07) is 7.35. The molecule has 2 aromatic rings. The van der Waals surface area contributed by atoms with Crippen LogP contribution in [0.3, 0.4) is 0 Å². The molecule has 0 atom stereocenters. The molecule has 0 bridgehead atoms. The molecule has 0 aliphatic rings. The van der Waals surface area contributed by atoms with Gasteiger partial charge < -0.3 is 0 Å². The molecule has 8 heteroatoms. The molecule has 0 saturated carbocycles. The van der Waals surface area contributed by atoms with Crippen LogP contribution in [0.15, 0.2) is 39.7 Å². The van der Waals surface area contributed by atoms with Crippen LogP contribution >= 0.6 is 39.1 Å². The third-order valence-corrected chi connectivity index (χ3v) is 5.24. The first kappa shape index (κ1) is 16.5. The summed E-state index contributed by atoms with van der Waals surface area (Å²) in [4.78, 5) is -0.372. The summed E-state index contributed by atoms with van der Waals surface area (Å²) in [5.74, 6) is -0.966. The first-order valence-electron chi connectivity index (χ1n) is 5.64. The highest BCUT2D eigenvalue weighted by atomic mass is 79.9. The lowest BCUT2D eigenvalue weighted by molar-refractivity contribution is 0.595. The van der Waals surface area contributed by atoms with Gasteiger partial charge in [-0.1, -0.05) is 39.1 Å². The predicted octanol–water partition coefficient (Wildman–Crippen LogP) is 5.00. The van der Waals surface area contributed by atoms with Crippen LogP contribution in [0.4, 0.5) is 10.1 Å². The maximum absolute atomic E-state index is 13.6. The van der Waals surface area contributed by atoms with Crippen molar-refractivity contribution in [3.8, 4) is 0 Å². The minimum atomic E-state index is -4.02. The van der Waals surface area contributed by atoms with Crippen molar-refractivity contribution in [1.82, 2.24) is 0 Å². The highest BCUT2D eigenvalue weighted by Crippen LogP contribution is 2.31. The van der Waals surface area contributed by atoms with E-state index in [1.54, 1.807) is 12.1 Å². The molecule has 1 N–H and O–H groups in total. The molecule has 2 rings (SSSR count). The molecular weight excluding hydrogens is 404 g/mol. The Balaban J connectivity index is 2.46. The van der Waals surface area contributed by atoms with E-state index in [1.165, 1.54) is 0 Å². The average molecular weight is 413 g/mol. The van der Waals surface area contributed by atoms with Crippen molar-refractivity contribution < 1.29 is 12.8 Å². The van der Waals surface area contributed by atoms with Crippen molar-refractivity contribution in [2.45, 2.75) is 11.8 Å². The fraction of sp³-hybridized carbons (Fsp3) is 0.0769. The number of hydrogen-bond donors (Lipinski definition) is 1. The molecular formula is C13H9BrCl2FNO2S. The molecule has 0 aliphatic carbocycles. The lowest BCUT2D eigenvalue weighted by Crippen LogP contribution is -2.14. The highest BCUT2D eigenvalue weighted by Gasteiger charge is 2.22. The van der Waals surface area contributed by atoms with Crippen LogP contribution in [-0.4, -0.2) is 8.42 Å². The number of nitrogens with one attached hydrogen (secondary N) is 1. The van der Waals surface area contributed by atoms with E-state index in [4.69, 9.17) is 23.2 Å². The molecule has 0 fully saturated rings. The van der Waals surface area contributed by atoms with Gasteiger partial charge in [-0.25, -0.2) is 12.8 Å². The van der Waals surface area contributed by atoms with Crippen LogP contribution in [0.5, 0.6) is 0 Å². The van der Waals surface area contributed by atoms with Gasteiger partial charge in [0.25, 0.3) is 10.0 Å². The summed E-state index contributed by atoms with van der Waals surface area (Å²) in [6.45, 7) is 1.82. The van der Waals surface area contributed by atoms with Gasteiger partial charge in [0.2, 0.25) is 0 Å². The zero-order valence-corrected chi connectivity index (χ0v) is 14.5. The highest BCUT2D eigenvalue weighted by molar-refractivity contribution is 9.10. The predicted molar refractivity (Wildman–Crippen MR) is 86.1 cm³/mol. The Bertz CT molecular complexity index is 792. The second-order valence-corrected chi connectivity index (χ2v) is 7.65. The molecule has 0 saturated heterocycles. The average Bonchev–Trinajstić information content (AvgIpc) is 2.33. The van der Waals surface area contributed by atoms with E-state index in [-0.39, 0.29) is 9.92 Å². The Labute approximate surface area is 140 Å². The first-order valence-corrected chi connectivity index (χ1v) is 8.67. The summed E-state index contributed by atoms with van der Waals surface area (Å²) in [7, 11) is -4.02. The van der Waals surface area contributed by atoms with E-state index in [0.29, 0.717) is 10.2 Å². The van der Waals surface area contributed by atoms with Crippen molar-refractivity contribution in [3.63, 3.8) is 0 Å². The fourth-order valence-corrected chi connectivity index (χ4v) is 4.12. The molecule has 0 aromatic heterocycles. The summed E-state index contributed by atoms with van der Waals surface area (Å²) in [5.41, 5.74) is 1.20. The number of anilines is 1.